The van der Waals surface area contributed by atoms with Crippen molar-refractivity contribution in [2.24, 2.45) is 0 Å². The number of ether oxygens (including phenoxy) is 1. The first-order valence-corrected chi connectivity index (χ1v) is 7.43. The smallest absolute Gasteiger partial charge is 0.338 e. The van der Waals surface area contributed by atoms with E-state index in [1.807, 2.05) is 43.3 Å². The molecule has 0 fully saturated rings. The second kappa shape index (κ2) is 5.76. The van der Waals surface area contributed by atoms with Crippen LogP contribution in [0.3, 0.4) is 0 Å². The third kappa shape index (κ3) is 2.13. The van der Waals surface area contributed by atoms with Crippen LogP contribution in [0.1, 0.15) is 30.9 Å². The topological polar surface area (TPSA) is 26.3 Å². The van der Waals surface area contributed by atoms with Crippen LogP contribution in [-0.4, -0.2) is 5.97 Å². The third-order valence-electron chi connectivity index (χ3n) is 3.93. The summed E-state index contributed by atoms with van der Waals surface area (Å²) in [5.74, 6) is -1.05. The Balaban J connectivity index is 2.25. The number of rotatable bonds is 4. The summed E-state index contributed by atoms with van der Waals surface area (Å²) in [5, 5.41) is 0. The lowest BCUT2D eigenvalue weighted by atomic mass is 9.84. The fourth-order valence-corrected chi connectivity index (χ4v) is 2.89. The molecule has 0 radical (unpaired) electrons. The first-order valence-electron chi connectivity index (χ1n) is 7.43. The van der Waals surface area contributed by atoms with Gasteiger partial charge in [0.15, 0.2) is 5.83 Å². The van der Waals surface area contributed by atoms with Gasteiger partial charge < -0.3 is 4.74 Å². The minimum Gasteiger partial charge on any atom is -0.438 e. The maximum atomic E-state index is 15.3. The molecule has 0 N–H and O–H groups in total. The quantitative estimate of drug-likeness (QED) is 0.776. The van der Waals surface area contributed by atoms with Crippen LogP contribution in [0.25, 0.3) is 0 Å². The van der Waals surface area contributed by atoms with Gasteiger partial charge in [0.25, 0.3) is 0 Å². The summed E-state index contributed by atoms with van der Waals surface area (Å²) in [6, 6.07) is 18.1. The van der Waals surface area contributed by atoms with E-state index in [4.69, 9.17) is 4.74 Å². The second-order valence-corrected chi connectivity index (χ2v) is 5.35. The molecule has 0 amide bonds. The molecule has 2 nitrogen and oxygen atoms in total. The van der Waals surface area contributed by atoms with Crippen molar-refractivity contribution in [1.82, 2.24) is 0 Å². The van der Waals surface area contributed by atoms with Crippen LogP contribution in [-0.2, 0) is 15.1 Å². The van der Waals surface area contributed by atoms with Gasteiger partial charge in [-0.15, -0.1) is 0 Å². The Morgan fingerprint density at radius 2 is 1.45 bits per heavy atom. The van der Waals surface area contributed by atoms with E-state index < -0.39 is 17.4 Å². The SMILES string of the molecule is CCCC1=C(F)C(c2ccccc2)(c2ccccc2)OC1=O. The number of carbonyl (C=O) groups excluding carboxylic acids is 1. The number of hydrogen-bond donors (Lipinski definition) is 0. The van der Waals surface area contributed by atoms with Gasteiger partial charge in [-0.25, -0.2) is 9.18 Å². The van der Waals surface area contributed by atoms with Gasteiger partial charge >= 0.3 is 5.97 Å². The van der Waals surface area contributed by atoms with Crippen LogP contribution in [0.2, 0.25) is 0 Å². The Kier molecular flexibility index (Phi) is 3.80. The molecule has 2 aromatic rings. The van der Waals surface area contributed by atoms with Gasteiger partial charge in [-0.05, 0) is 6.42 Å². The van der Waals surface area contributed by atoms with Crippen molar-refractivity contribution in [3.05, 3.63) is 83.2 Å². The summed E-state index contributed by atoms with van der Waals surface area (Å²) in [4.78, 5) is 12.2. The maximum absolute atomic E-state index is 15.3. The van der Waals surface area contributed by atoms with E-state index in [0.717, 1.165) is 0 Å². The lowest BCUT2D eigenvalue weighted by Crippen LogP contribution is -2.29. The van der Waals surface area contributed by atoms with Crippen LogP contribution in [0, 0.1) is 0 Å². The number of halogens is 1. The summed E-state index contributed by atoms with van der Waals surface area (Å²) in [5.41, 5.74) is -0.0593. The van der Waals surface area contributed by atoms with Crippen LogP contribution >= 0.6 is 0 Å². The number of benzene rings is 2. The van der Waals surface area contributed by atoms with Crippen molar-refractivity contribution in [2.45, 2.75) is 25.4 Å². The third-order valence-corrected chi connectivity index (χ3v) is 3.93. The molecule has 0 unspecified atom stereocenters. The molecule has 0 atom stereocenters. The lowest BCUT2D eigenvalue weighted by molar-refractivity contribution is -0.145. The molecular formula is C19H17FO2. The average molecular weight is 296 g/mol. The minimum absolute atomic E-state index is 0.148. The monoisotopic (exact) mass is 296 g/mol. The molecule has 1 heterocycles. The van der Waals surface area contributed by atoms with Crippen molar-refractivity contribution in [1.29, 1.82) is 0 Å². The van der Waals surface area contributed by atoms with Crippen molar-refractivity contribution in [3.8, 4) is 0 Å². The molecule has 0 saturated carbocycles. The number of carbonyl (C=O) groups is 1. The van der Waals surface area contributed by atoms with Gasteiger partial charge in [0, 0.05) is 11.1 Å². The van der Waals surface area contributed by atoms with E-state index in [1.54, 1.807) is 24.3 Å². The van der Waals surface area contributed by atoms with E-state index in [9.17, 15) is 4.79 Å². The number of cyclic esters (lactones) is 1. The van der Waals surface area contributed by atoms with E-state index >= 15 is 4.39 Å². The van der Waals surface area contributed by atoms with E-state index in [-0.39, 0.29) is 5.57 Å². The van der Waals surface area contributed by atoms with Crippen molar-refractivity contribution < 1.29 is 13.9 Å². The van der Waals surface area contributed by atoms with Crippen LogP contribution in [0.5, 0.6) is 0 Å². The lowest BCUT2D eigenvalue weighted by Gasteiger charge is -2.28. The molecule has 0 spiro atoms. The zero-order chi connectivity index (χ0) is 15.6. The summed E-state index contributed by atoms with van der Waals surface area (Å²) in [6.07, 6.45) is 1.07. The summed E-state index contributed by atoms with van der Waals surface area (Å²) < 4.78 is 20.9. The average Bonchev–Trinajstić information content (AvgIpc) is 2.82. The molecule has 2 aromatic carbocycles. The molecule has 0 aliphatic carbocycles. The summed E-state index contributed by atoms with van der Waals surface area (Å²) >= 11 is 0. The standard InChI is InChI=1S/C19H17FO2/c1-2-9-16-17(20)19(22-18(16)21,14-10-5-3-6-11-14)15-12-7-4-8-13-15/h3-8,10-13H,2,9H2,1H3. The molecule has 22 heavy (non-hydrogen) atoms. The summed E-state index contributed by atoms with van der Waals surface area (Å²) in [6.45, 7) is 1.92. The highest BCUT2D eigenvalue weighted by atomic mass is 19.1. The van der Waals surface area contributed by atoms with Crippen molar-refractivity contribution in [2.75, 3.05) is 0 Å². The first-order chi connectivity index (χ1) is 10.7. The zero-order valence-corrected chi connectivity index (χ0v) is 12.4. The van der Waals surface area contributed by atoms with Crippen LogP contribution in [0.4, 0.5) is 4.39 Å². The highest BCUT2D eigenvalue weighted by molar-refractivity contribution is 5.93. The molecule has 0 saturated heterocycles. The molecule has 3 rings (SSSR count). The second-order valence-electron chi connectivity index (χ2n) is 5.35. The van der Waals surface area contributed by atoms with Crippen LogP contribution in [0.15, 0.2) is 72.1 Å². The molecule has 3 heteroatoms. The fourth-order valence-electron chi connectivity index (χ4n) is 2.89. The fraction of sp³-hybridized carbons (Fsp3) is 0.211. The molecule has 0 bridgehead atoms. The van der Waals surface area contributed by atoms with Crippen LogP contribution < -0.4 is 0 Å². The zero-order valence-electron chi connectivity index (χ0n) is 12.4. The summed E-state index contributed by atoms with van der Waals surface area (Å²) in [7, 11) is 0. The molecule has 1 aliphatic rings. The van der Waals surface area contributed by atoms with Crippen molar-refractivity contribution >= 4 is 5.97 Å². The van der Waals surface area contributed by atoms with Gasteiger partial charge in [-0.2, -0.15) is 0 Å². The Labute approximate surface area is 129 Å². The predicted molar refractivity (Wildman–Crippen MR) is 82.8 cm³/mol. The first kappa shape index (κ1) is 14.5. The minimum atomic E-state index is -1.45. The van der Waals surface area contributed by atoms with Gasteiger partial charge in [0.1, 0.15) is 0 Å². The largest absolute Gasteiger partial charge is 0.438 e. The molecule has 112 valence electrons. The molecular weight excluding hydrogens is 279 g/mol. The predicted octanol–water partition coefficient (Wildman–Crippen LogP) is 4.51. The normalized spacial score (nSPS) is 16.7. The van der Waals surface area contributed by atoms with Gasteiger partial charge in [-0.3, -0.25) is 0 Å². The Bertz CT molecular complexity index is 665. The maximum Gasteiger partial charge on any atom is 0.338 e. The Morgan fingerprint density at radius 3 is 1.91 bits per heavy atom. The highest BCUT2D eigenvalue weighted by Gasteiger charge is 2.51. The number of hydrogen-bond acceptors (Lipinski definition) is 2. The van der Waals surface area contributed by atoms with E-state index in [1.165, 1.54) is 0 Å². The Morgan fingerprint density at radius 1 is 0.955 bits per heavy atom. The van der Waals surface area contributed by atoms with E-state index in [2.05, 4.69) is 0 Å². The highest BCUT2D eigenvalue weighted by Crippen LogP contribution is 2.48. The van der Waals surface area contributed by atoms with E-state index in [0.29, 0.717) is 24.0 Å². The molecule has 1 aliphatic heterocycles. The van der Waals surface area contributed by atoms with Gasteiger partial charge in [0.2, 0.25) is 5.60 Å². The van der Waals surface area contributed by atoms with Gasteiger partial charge in [-0.1, -0.05) is 74.0 Å². The number of esters is 1. The van der Waals surface area contributed by atoms with Gasteiger partial charge in [0.05, 0.1) is 5.57 Å². The Hall–Kier alpha value is -2.42. The molecule has 0 aromatic heterocycles. The van der Waals surface area contributed by atoms with Crippen molar-refractivity contribution in [3.63, 3.8) is 0 Å².